The molecule has 0 aromatic carbocycles. The van der Waals surface area contributed by atoms with Crippen LogP contribution in [0.2, 0.25) is 0 Å². The Morgan fingerprint density at radius 1 is 1.22 bits per heavy atom. The number of aromatic nitrogens is 6. The van der Waals surface area contributed by atoms with E-state index in [1.165, 1.54) is 11.2 Å². The summed E-state index contributed by atoms with van der Waals surface area (Å²) in [7, 11) is 0. The molecular formula is C21H26F2N8O. The van der Waals surface area contributed by atoms with Crippen LogP contribution in [0.15, 0.2) is 18.7 Å². The predicted octanol–water partition coefficient (Wildman–Crippen LogP) is 3.06. The zero-order valence-electron chi connectivity index (χ0n) is 18.3. The summed E-state index contributed by atoms with van der Waals surface area (Å²) < 4.78 is 29.6. The van der Waals surface area contributed by atoms with Crippen molar-refractivity contribution in [2.75, 3.05) is 18.4 Å². The maximum atomic E-state index is 13.8. The van der Waals surface area contributed by atoms with Gasteiger partial charge < -0.3 is 14.8 Å². The van der Waals surface area contributed by atoms with Gasteiger partial charge in [0.05, 0.1) is 12.1 Å². The van der Waals surface area contributed by atoms with E-state index in [0.29, 0.717) is 48.1 Å². The third kappa shape index (κ3) is 4.23. The molecule has 4 rings (SSSR count). The minimum absolute atomic E-state index is 0.187. The summed E-state index contributed by atoms with van der Waals surface area (Å²) in [5, 5.41) is 3.13. The van der Waals surface area contributed by atoms with Crippen molar-refractivity contribution in [3.8, 4) is 11.4 Å². The maximum absolute atomic E-state index is 13.8. The number of nitrogens with one attached hydrogen (secondary N) is 1. The van der Waals surface area contributed by atoms with Crippen molar-refractivity contribution < 1.29 is 13.6 Å². The highest BCUT2D eigenvalue weighted by molar-refractivity contribution is 5.90. The highest BCUT2D eigenvalue weighted by atomic mass is 19.3. The fraction of sp³-hybridized carbons (Fsp3) is 0.524. The standard InChI is InChI=1S/C21H26F2N8O/c1-4-15(20(32)30-8-6-7-21(22,23)11-30)28-17-16-19(27-12-26-17)31(5-2)18(29-16)14-9-24-13(3)25-10-14/h9-10,12,15H,4-8,11H2,1-3H3,(H,26,27,28). The lowest BCUT2D eigenvalue weighted by Gasteiger charge is -2.34. The van der Waals surface area contributed by atoms with Gasteiger partial charge in [-0.25, -0.2) is 33.7 Å². The number of halogens is 2. The van der Waals surface area contributed by atoms with Crippen molar-refractivity contribution in [2.24, 2.45) is 0 Å². The van der Waals surface area contributed by atoms with E-state index in [-0.39, 0.29) is 18.7 Å². The van der Waals surface area contributed by atoms with Crippen LogP contribution in [0.1, 0.15) is 38.9 Å². The molecule has 1 atom stereocenters. The maximum Gasteiger partial charge on any atom is 0.265 e. The zero-order valence-corrected chi connectivity index (χ0v) is 18.3. The number of fused-ring (bicyclic) bond motifs is 1. The summed E-state index contributed by atoms with van der Waals surface area (Å²) in [4.78, 5) is 36.1. The Morgan fingerprint density at radius 3 is 2.62 bits per heavy atom. The Hall–Kier alpha value is -3.24. The number of anilines is 1. The summed E-state index contributed by atoms with van der Waals surface area (Å²) in [6.07, 6.45) is 5.32. The third-order valence-corrected chi connectivity index (χ3v) is 5.61. The normalized spacial score (nSPS) is 16.8. The monoisotopic (exact) mass is 444 g/mol. The van der Waals surface area contributed by atoms with Gasteiger partial charge in [0.2, 0.25) is 5.91 Å². The topological polar surface area (TPSA) is 102 Å². The Morgan fingerprint density at radius 2 is 1.97 bits per heavy atom. The number of aryl methyl sites for hydroxylation is 2. The van der Waals surface area contributed by atoms with Crippen LogP contribution in [0, 0.1) is 6.92 Å². The Kier molecular flexibility index (Phi) is 5.98. The van der Waals surface area contributed by atoms with Crippen LogP contribution in [-0.4, -0.2) is 65.3 Å². The van der Waals surface area contributed by atoms with E-state index in [2.05, 4.69) is 25.3 Å². The lowest BCUT2D eigenvalue weighted by Crippen LogP contribution is -2.50. The minimum atomic E-state index is -2.85. The smallest absolute Gasteiger partial charge is 0.265 e. The Bertz CT molecular complexity index is 1110. The first-order chi connectivity index (χ1) is 15.3. The van der Waals surface area contributed by atoms with Crippen molar-refractivity contribution in [1.82, 2.24) is 34.4 Å². The van der Waals surface area contributed by atoms with Gasteiger partial charge in [0, 0.05) is 31.9 Å². The molecule has 0 spiro atoms. The Labute approximate surface area is 184 Å². The molecule has 1 N–H and O–H groups in total. The van der Waals surface area contributed by atoms with Crippen LogP contribution in [-0.2, 0) is 11.3 Å². The van der Waals surface area contributed by atoms with Gasteiger partial charge in [-0.2, -0.15) is 0 Å². The van der Waals surface area contributed by atoms with Crippen LogP contribution in [0.4, 0.5) is 14.6 Å². The largest absolute Gasteiger partial charge is 0.356 e. The van der Waals surface area contributed by atoms with Crippen molar-refractivity contribution in [1.29, 1.82) is 0 Å². The number of nitrogens with zero attached hydrogens (tertiary/aromatic N) is 7. The van der Waals surface area contributed by atoms with E-state index in [1.807, 2.05) is 18.4 Å². The van der Waals surface area contributed by atoms with Crippen molar-refractivity contribution in [2.45, 2.75) is 58.5 Å². The van der Waals surface area contributed by atoms with Crippen molar-refractivity contribution >= 4 is 22.9 Å². The molecule has 0 aliphatic carbocycles. The number of hydrogen-bond donors (Lipinski definition) is 1. The summed E-state index contributed by atoms with van der Waals surface area (Å²) in [5.41, 5.74) is 1.84. The molecule has 9 nitrogen and oxygen atoms in total. The molecule has 1 unspecified atom stereocenters. The van der Waals surface area contributed by atoms with Gasteiger partial charge in [-0.1, -0.05) is 6.92 Å². The van der Waals surface area contributed by atoms with Gasteiger partial charge in [0.1, 0.15) is 24.0 Å². The van der Waals surface area contributed by atoms with Crippen molar-refractivity contribution in [3.05, 3.63) is 24.5 Å². The molecule has 1 amide bonds. The summed E-state index contributed by atoms with van der Waals surface area (Å²) in [6, 6.07) is -0.695. The van der Waals surface area contributed by atoms with Gasteiger partial charge in [0.25, 0.3) is 5.92 Å². The number of imidazole rings is 1. The average molecular weight is 444 g/mol. The second-order valence-corrected chi connectivity index (χ2v) is 7.92. The molecular weight excluding hydrogens is 418 g/mol. The molecule has 11 heteroatoms. The highest BCUT2D eigenvalue weighted by Crippen LogP contribution is 2.29. The van der Waals surface area contributed by atoms with E-state index >= 15 is 0 Å². The number of hydrogen-bond acceptors (Lipinski definition) is 7. The molecule has 170 valence electrons. The molecule has 0 saturated carbocycles. The van der Waals surface area contributed by atoms with Crippen molar-refractivity contribution in [3.63, 3.8) is 0 Å². The molecule has 1 aliphatic rings. The van der Waals surface area contributed by atoms with Gasteiger partial charge in [-0.15, -0.1) is 0 Å². The van der Waals surface area contributed by atoms with E-state index in [4.69, 9.17) is 4.98 Å². The second-order valence-electron chi connectivity index (χ2n) is 7.92. The number of likely N-dealkylation sites (tertiary alicyclic amines) is 1. The SMILES string of the molecule is CCC(Nc1ncnc2c1nc(-c1cnc(C)nc1)n2CC)C(=O)N1CCCC(F)(F)C1. The summed E-state index contributed by atoms with van der Waals surface area (Å²) in [6.45, 7) is 5.99. The molecule has 0 radical (unpaired) electrons. The van der Waals surface area contributed by atoms with Crippen LogP contribution in [0.25, 0.3) is 22.6 Å². The van der Waals surface area contributed by atoms with E-state index in [9.17, 15) is 13.6 Å². The average Bonchev–Trinajstić information content (AvgIpc) is 3.16. The zero-order chi connectivity index (χ0) is 22.9. The molecule has 32 heavy (non-hydrogen) atoms. The Balaban J connectivity index is 1.66. The molecule has 0 bridgehead atoms. The minimum Gasteiger partial charge on any atom is -0.356 e. The fourth-order valence-corrected chi connectivity index (χ4v) is 3.95. The lowest BCUT2D eigenvalue weighted by atomic mass is 10.1. The quantitative estimate of drug-likeness (QED) is 0.623. The number of carbonyl (C=O) groups excluding carboxylic acids is 1. The number of alkyl halides is 2. The van der Waals surface area contributed by atoms with Gasteiger partial charge >= 0.3 is 0 Å². The summed E-state index contributed by atoms with van der Waals surface area (Å²) in [5.74, 6) is -1.52. The van der Waals surface area contributed by atoms with Crippen LogP contribution in [0.3, 0.4) is 0 Å². The number of rotatable bonds is 6. The number of amides is 1. The first-order valence-electron chi connectivity index (χ1n) is 10.8. The van der Waals surface area contributed by atoms with Crippen LogP contribution >= 0.6 is 0 Å². The summed E-state index contributed by atoms with van der Waals surface area (Å²) >= 11 is 0. The number of piperidine rings is 1. The van der Waals surface area contributed by atoms with E-state index in [0.717, 1.165) is 5.56 Å². The van der Waals surface area contributed by atoms with Crippen LogP contribution in [0.5, 0.6) is 0 Å². The molecule has 1 fully saturated rings. The molecule has 1 saturated heterocycles. The second kappa shape index (κ2) is 8.71. The first kappa shape index (κ1) is 22.0. The highest BCUT2D eigenvalue weighted by Gasteiger charge is 2.38. The first-order valence-corrected chi connectivity index (χ1v) is 10.8. The van der Waals surface area contributed by atoms with Gasteiger partial charge in [-0.3, -0.25) is 4.79 Å². The lowest BCUT2D eigenvalue weighted by molar-refractivity contribution is -0.142. The fourth-order valence-electron chi connectivity index (χ4n) is 3.95. The van der Waals surface area contributed by atoms with Crippen LogP contribution < -0.4 is 5.32 Å². The van der Waals surface area contributed by atoms with E-state index in [1.54, 1.807) is 19.3 Å². The molecule has 3 aromatic heterocycles. The van der Waals surface area contributed by atoms with Gasteiger partial charge in [0.15, 0.2) is 17.0 Å². The molecule has 4 heterocycles. The predicted molar refractivity (Wildman–Crippen MR) is 115 cm³/mol. The number of carbonyl (C=O) groups is 1. The molecule has 3 aromatic rings. The van der Waals surface area contributed by atoms with Gasteiger partial charge in [-0.05, 0) is 26.7 Å². The molecule has 1 aliphatic heterocycles. The van der Waals surface area contributed by atoms with E-state index < -0.39 is 18.5 Å². The third-order valence-electron chi connectivity index (χ3n) is 5.61.